The Morgan fingerprint density at radius 1 is 0.615 bits per heavy atom. The van der Waals surface area contributed by atoms with E-state index >= 15 is 0 Å². The quantitative estimate of drug-likeness (QED) is 0.0239. The summed E-state index contributed by atoms with van der Waals surface area (Å²) in [5, 5.41) is 13.1. The van der Waals surface area contributed by atoms with Crippen molar-refractivity contribution in [2.75, 3.05) is 12.3 Å². The standard InChI is InChI=1S/C11H5ClF3NO2.C11H6F3NO2.C10H5ClF3N.C10H6F3NO.C6H7N.C6H10O3.CH4.Cl3OP.F2.I2.2H2/c12-9-7(10(17)18)8(11(13,14)15)5-3-1-2-4-6(5)16-9;12-11(13,14)9-6-3-1-2-4-8(6)15-5-7(9)10(16)17;11-9-5-7(10(12,13)14)6-3-1-2-4-8(6)15-9;11-10(12,13)7-5-9(15)14-8-4-2-1-3-6(7)8;7-6-4-2-1-3-5-6;1-3-9-6(8)4-5(2)7;;1-5(2,3)4;2*1-2;;/h1-4H,(H,17,18);1-5H,(H,16,17);1-5H;1-5H,(H,14,15);1-5H,7H2;3-4H2,1-2H3;1H4;;;;2*1H. The number of nitrogens with one attached hydrogen (secondary N) is 1. The number of aromatic amines is 1. The number of halogens is 21. The summed E-state index contributed by atoms with van der Waals surface area (Å²) >= 11 is 29.1. The number of ether oxygens (including phenoxy) is 1. The molecule has 498 valence electrons. The Balaban J connectivity index is -0.00000103. The molecule has 0 aliphatic carbocycles. The number of Topliss-reactive ketones (excluding diaryl/α,β-unsaturated/α-hetero) is 1. The molecule has 4 heterocycles. The fourth-order valence-electron chi connectivity index (χ4n) is 6.97. The molecule has 0 amide bonds. The number of pyridine rings is 4. The molecule has 0 saturated heterocycles. The Labute approximate surface area is 556 Å². The van der Waals surface area contributed by atoms with Crippen molar-refractivity contribution < 1.29 is 103 Å². The van der Waals surface area contributed by atoms with E-state index < -0.39 is 91.9 Å². The number of carbonyl (C=O) groups excluding carboxylic acids is 2. The predicted molar refractivity (Wildman–Crippen MR) is 343 cm³/mol. The molecule has 0 fully saturated rings. The van der Waals surface area contributed by atoms with Gasteiger partial charge in [-0.3, -0.25) is 23.9 Å². The summed E-state index contributed by atoms with van der Waals surface area (Å²) in [5.74, 6) is -4.00. The van der Waals surface area contributed by atoms with Crippen molar-refractivity contribution in [3.63, 3.8) is 0 Å². The molecule has 0 spiro atoms. The number of aromatic carboxylic acids is 2. The molecule has 4 aromatic heterocycles. The highest BCUT2D eigenvalue weighted by molar-refractivity contribution is 15.0. The molecule has 9 aromatic rings. The number of carboxylic acids is 2. The van der Waals surface area contributed by atoms with Crippen LogP contribution < -0.4 is 11.3 Å². The number of aromatic nitrogens is 4. The topological polar surface area (TPSA) is 233 Å². The fourth-order valence-corrected chi connectivity index (χ4v) is 7.43. The van der Waals surface area contributed by atoms with E-state index in [-0.39, 0.29) is 71.2 Å². The van der Waals surface area contributed by atoms with Gasteiger partial charge in [-0.2, -0.15) is 52.7 Å². The van der Waals surface area contributed by atoms with Gasteiger partial charge in [0.15, 0.2) is 0 Å². The first-order valence-electron chi connectivity index (χ1n) is 23.6. The maximum Gasteiger partial charge on any atom is 0.418 e. The zero-order valence-corrected chi connectivity index (χ0v) is 53.8. The van der Waals surface area contributed by atoms with Crippen LogP contribution in [0.2, 0.25) is 10.3 Å². The van der Waals surface area contributed by atoms with E-state index in [2.05, 4.69) is 95.6 Å². The van der Waals surface area contributed by atoms with E-state index in [0.717, 1.165) is 24.0 Å². The molecule has 5 N–H and O–H groups in total. The van der Waals surface area contributed by atoms with Crippen LogP contribution in [0.3, 0.4) is 0 Å². The Hall–Kier alpha value is -6.42. The van der Waals surface area contributed by atoms with Crippen LogP contribution in [-0.4, -0.2) is 60.4 Å². The monoisotopic (exact) mass is 1650 g/mol. The molecule has 0 aliphatic heterocycles. The Morgan fingerprint density at radius 3 is 1.44 bits per heavy atom. The summed E-state index contributed by atoms with van der Waals surface area (Å²) in [4.78, 5) is 66.8. The molecule has 14 nitrogen and oxygen atoms in total. The number of carbonyl (C=O) groups is 4. The average Bonchev–Trinajstić information content (AvgIpc) is 0.801. The van der Waals surface area contributed by atoms with Crippen LogP contribution in [0.5, 0.6) is 0 Å². The number of para-hydroxylation sites is 5. The van der Waals surface area contributed by atoms with E-state index in [4.69, 9.17) is 48.3 Å². The summed E-state index contributed by atoms with van der Waals surface area (Å²) in [6.45, 7) is 3.40. The third-order valence-corrected chi connectivity index (χ3v) is 10.6. The molecule has 0 saturated carbocycles. The molecule has 0 unspecified atom stereocenters. The number of anilines is 1. The van der Waals surface area contributed by atoms with Crippen LogP contribution >= 0.6 is 99.4 Å². The number of ketones is 1. The van der Waals surface area contributed by atoms with Gasteiger partial charge in [0, 0.05) is 94.2 Å². The molecule has 9 rings (SSSR count). The van der Waals surface area contributed by atoms with Gasteiger partial charge in [-0.25, -0.2) is 19.6 Å². The number of benzene rings is 5. The number of nitrogens with zero attached hydrogens (tertiary/aromatic N) is 3. The fraction of sp³-hybridized carbons (Fsp3) is 0.164. The lowest BCUT2D eigenvalue weighted by molar-refractivity contribution is -0.145. The minimum absolute atomic E-state index is 0. The lowest BCUT2D eigenvalue weighted by Crippen LogP contribution is -2.15. The van der Waals surface area contributed by atoms with Gasteiger partial charge in [0.2, 0.25) is 5.56 Å². The lowest BCUT2D eigenvalue weighted by atomic mass is 10.0. The second kappa shape index (κ2) is 39.2. The molecular weight excluding hydrogens is 1600 g/mol. The largest absolute Gasteiger partial charge is 0.478 e. The van der Waals surface area contributed by atoms with Crippen molar-refractivity contribution in [1.29, 1.82) is 0 Å². The first-order valence-corrected chi connectivity index (χ1v) is 35.0. The predicted octanol–water partition coefficient (Wildman–Crippen LogP) is 21.4. The first-order chi connectivity index (χ1) is 41.8. The van der Waals surface area contributed by atoms with Crippen LogP contribution in [0.4, 0.5) is 67.5 Å². The van der Waals surface area contributed by atoms with E-state index in [1.54, 1.807) is 19.1 Å². The minimum atomic E-state index is -4.82. The lowest BCUT2D eigenvalue weighted by Gasteiger charge is -2.14. The molecular formula is C55H47Cl5F14I2N5O9P. The maximum atomic E-state index is 13.0. The van der Waals surface area contributed by atoms with Crippen molar-refractivity contribution in [3.8, 4) is 0 Å². The Kier molecular flexibility index (Phi) is 36.4. The molecule has 5 aromatic carbocycles. The number of fused-ring (bicyclic) bond motifs is 4. The van der Waals surface area contributed by atoms with E-state index in [0.29, 0.717) is 12.7 Å². The van der Waals surface area contributed by atoms with Crippen molar-refractivity contribution in [1.82, 2.24) is 19.9 Å². The summed E-state index contributed by atoms with van der Waals surface area (Å²) in [5.41, 5.74) is 0.0411. The number of esters is 1. The summed E-state index contributed by atoms with van der Waals surface area (Å²) < 4.78 is 183. The zero-order chi connectivity index (χ0) is 69.1. The first kappa shape index (κ1) is 84.6. The normalized spacial score (nSPS) is 10.8. The van der Waals surface area contributed by atoms with Gasteiger partial charge >= 0.3 is 47.8 Å². The van der Waals surface area contributed by atoms with Gasteiger partial charge in [-0.05, 0) is 90.0 Å². The number of hydrogen-bond donors (Lipinski definition) is 4. The molecule has 0 aliphatic rings. The zero-order valence-electron chi connectivity index (χ0n) is 44.8. The van der Waals surface area contributed by atoms with Crippen LogP contribution in [-0.2, 0) is 43.6 Å². The number of H-pyrrole nitrogens is 1. The van der Waals surface area contributed by atoms with Crippen LogP contribution in [0.25, 0.3) is 43.6 Å². The number of alkyl halides is 12. The highest BCUT2D eigenvalue weighted by atomic mass is 128. The summed E-state index contributed by atoms with van der Waals surface area (Å²) in [6, 6.07) is 33.7. The molecule has 91 heavy (non-hydrogen) atoms. The van der Waals surface area contributed by atoms with Gasteiger partial charge in [-0.1, -0.05) is 122 Å². The highest BCUT2D eigenvalue weighted by Gasteiger charge is 2.40. The van der Waals surface area contributed by atoms with E-state index in [1.165, 1.54) is 85.8 Å². The van der Waals surface area contributed by atoms with E-state index in [9.17, 15) is 81.2 Å². The van der Waals surface area contributed by atoms with Crippen molar-refractivity contribution in [2.45, 2.75) is 52.4 Å². The smallest absolute Gasteiger partial charge is 0.418 e. The number of carboxylic acid groups (broad SMARTS) is 2. The van der Waals surface area contributed by atoms with Crippen LogP contribution in [0.15, 0.2) is 151 Å². The minimum Gasteiger partial charge on any atom is -0.478 e. The third-order valence-electron chi connectivity index (χ3n) is 10.2. The van der Waals surface area contributed by atoms with Gasteiger partial charge in [0.1, 0.15) is 28.1 Å². The number of rotatable bonds is 5. The van der Waals surface area contributed by atoms with Gasteiger partial charge in [-0.15, -0.1) is 0 Å². The van der Waals surface area contributed by atoms with Crippen molar-refractivity contribution >= 4 is 172 Å². The SMILES string of the molecule is C.CCOC(=O)CC(C)=O.FC(F)(F)c1cc(Cl)nc2ccccc12.FF.II.Nc1ccccc1.O=C(O)c1c(Cl)nc2ccccc2c1C(F)(F)F.O=C(O)c1cnc2ccccc2c1C(F)(F)F.O=P(Cl)(Cl)Cl.O=c1cc(C(F)(F)F)c2ccccc2[nH]1.[HH].[HH]. The van der Waals surface area contributed by atoms with Gasteiger partial charge in [0.25, 0.3) is 0 Å². The average molecular weight is 1650 g/mol. The number of hydrogen-bond acceptors (Lipinski definition) is 11. The van der Waals surface area contributed by atoms with Gasteiger partial charge < -0.3 is 25.7 Å². The molecule has 0 atom stereocenters. The second-order valence-electron chi connectivity index (χ2n) is 16.4. The Morgan fingerprint density at radius 2 is 1.02 bits per heavy atom. The van der Waals surface area contributed by atoms with Crippen LogP contribution in [0.1, 0.15) is 73.5 Å². The molecule has 0 bridgehead atoms. The highest BCUT2D eigenvalue weighted by Crippen LogP contribution is 2.61. The van der Waals surface area contributed by atoms with Crippen molar-refractivity contribution in [2.24, 2.45) is 0 Å². The van der Waals surface area contributed by atoms with E-state index in [1.807, 2.05) is 30.3 Å². The van der Waals surface area contributed by atoms with Gasteiger partial charge in [0.05, 0.1) is 51.0 Å². The number of nitrogens with two attached hydrogens (primary N) is 1. The van der Waals surface area contributed by atoms with Crippen LogP contribution in [0, 0.1) is 0 Å². The Bertz CT molecular complexity index is 3970. The second-order valence-corrected chi connectivity index (χ2v) is 23.8. The summed E-state index contributed by atoms with van der Waals surface area (Å²) in [6.07, 6.45) is -17.8. The third kappa shape index (κ3) is 29.4. The maximum absolute atomic E-state index is 13.0. The number of nitrogen functional groups attached to an aromatic ring is 1. The summed E-state index contributed by atoms with van der Waals surface area (Å²) in [7, 11) is 0. The molecule has 36 heteroatoms. The van der Waals surface area contributed by atoms with Crippen molar-refractivity contribution in [3.05, 3.63) is 200 Å². The molecule has 0 radical (unpaired) electrons.